The first-order valence-electron chi connectivity index (χ1n) is 9.51. The van der Waals surface area contributed by atoms with Crippen LogP contribution in [0.15, 0.2) is 38.6 Å². The van der Waals surface area contributed by atoms with Gasteiger partial charge in [0.25, 0.3) is 0 Å². The SMILES string of the molecule is CSc1ccc(C(=O)COC(=O)C2CCCN(S(=O)(=O)c3c(C)noc3C)C2)cc1. The van der Waals surface area contributed by atoms with Gasteiger partial charge in [0, 0.05) is 23.5 Å². The second-order valence-corrected chi connectivity index (χ2v) is 9.87. The van der Waals surface area contributed by atoms with Crippen molar-refractivity contribution in [3.05, 3.63) is 41.3 Å². The minimum Gasteiger partial charge on any atom is -0.457 e. The molecular weight excluding hydrogens is 428 g/mol. The average molecular weight is 453 g/mol. The second kappa shape index (κ2) is 9.32. The molecule has 0 aliphatic carbocycles. The van der Waals surface area contributed by atoms with Crippen LogP contribution in [0.4, 0.5) is 0 Å². The van der Waals surface area contributed by atoms with Crippen LogP contribution in [0, 0.1) is 19.8 Å². The van der Waals surface area contributed by atoms with Crippen molar-refractivity contribution in [1.82, 2.24) is 9.46 Å². The Morgan fingerprint density at radius 3 is 2.57 bits per heavy atom. The predicted molar refractivity (Wildman–Crippen MR) is 111 cm³/mol. The lowest BCUT2D eigenvalue weighted by atomic mass is 10.00. The average Bonchev–Trinajstić information content (AvgIpc) is 3.10. The smallest absolute Gasteiger partial charge is 0.310 e. The van der Waals surface area contributed by atoms with Gasteiger partial charge in [-0.15, -0.1) is 11.8 Å². The number of ether oxygens (including phenoxy) is 1. The molecule has 1 aromatic heterocycles. The van der Waals surface area contributed by atoms with E-state index in [4.69, 9.17) is 9.26 Å². The molecule has 3 rings (SSSR count). The highest BCUT2D eigenvalue weighted by atomic mass is 32.2. The number of hydrogen-bond acceptors (Lipinski definition) is 8. The van der Waals surface area contributed by atoms with Crippen LogP contribution in [0.5, 0.6) is 0 Å². The Balaban J connectivity index is 1.62. The number of piperidine rings is 1. The number of benzene rings is 1. The summed E-state index contributed by atoms with van der Waals surface area (Å²) >= 11 is 1.57. The quantitative estimate of drug-likeness (QED) is 0.359. The van der Waals surface area contributed by atoms with Gasteiger partial charge in [-0.25, -0.2) is 8.42 Å². The first kappa shape index (κ1) is 22.5. The monoisotopic (exact) mass is 452 g/mol. The Labute approximate surface area is 180 Å². The summed E-state index contributed by atoms with van der Waals surface area (Å²) in [6.07, 6.45) is 2.97. The van der Waals surface area contributed by atoms with Gasteiger partial charge in [0.1, 0.15) is 10.6 Å². The maximum absolute atomic E-state index is 13.0. The molecule has 0 radical (unpaired) electrons. The van der Waals surface area contributed by atoms with Crippen molar-refractivity contribution in [2.24, 2.45) is 5.92 Å². The van der Waals surface area contributed by atoms with Gasteiger partial charge in [-0.3, -0.25) is 9.59 Å². The number of aryl methyl sites for hydroxylation is 2. The summed E-state index contributed by atoms with van der Waals surface area (Å²) in [5, 5.41) is 3.71. The minimum absolute atomic E-state index is 0.00182. The third kappa shape index (κ3) is 4.76. The number of aromatic nitrogens is 1. The highest BCUT2D eigenvalue weighted by Crippen LogP contribution is 2.28. The zero-order valence-electron chi connectivity index (χ0n) is 17.1. The Hall–Kier alpha value is -2.17. The van der Waals surface area contributed by atoms with E-state index in [1.54, 1.807) is 37.7 Å². The van der Waals surface area contributed by atoms with Crippen LogP contribution in [0.2, 0.25) is 0 Å². The Morgan fingerprint density at radius 2 is 1.97 bits per heavy atom. The van der Waals surface area contributed by atoms with Gasteiger partial charge >= 0.3 is 5.97 Å². The van der Waals surface area contributed by atoms with E-state index in [9.17, 15) is 18.0 Å². The van der Waals surface area contributed by atoms with Crippen molar-refractivity contribution in [3.8, 4) is 0 Å². The lowest BCUT2D eigenvalue weighted by Gasteiger charge is -2.30. The van der Waals surface area contributed by atoms with Crippen LogP contribution in [0.25, 0.3) is 0 Å². The van der Waals surface area contributed by atoms with E-state index < -0.39 is 21.9 Å². The second-order valence-electron chi connectivity index (χ2n) is 7.11. The number of ketones is 1. The Morgan fingerprint density at radius 1 is 1.27 bits per heavy atom. The van der Waals surface area contributed by atoms with Gasteiger partial charge in [0.15, 0.2) is 18.2 Å². The summed E-state index contributed by atoms with van der Waals surface area (Å²) in [4.78, 5) is 25.8. The molecule has 0 amide bonds. The molecule has 1 aliphatic rings. The van der Waals surface area contributed by atoms with Gasteiger partial charge in [-0.05, 0) is 45.1 Å². The molecule has 1 fully saturated rings. The number of carbonyl (C=O) groups excluding carboxylic acids is 2. The molecule has 1 atom stereocenters. The summed E-state index contributed by atoms with van der Waals surface area (Å²) < 4.78 is 37.4. The molecule has 2 aromatic rings. The number of Topliss-reactive ketones (excluding diaryl/α,β-unsaturated/α-hetero) is 1. The van der Waals surface area contributed by atoms with Crippen LogP contribution >= 0.6 is 11.8 Å². The summed E-state index contributed by atoms with van der Waals surface area (Å²) in [6.45, 7) is 3.04. The molecule has 10 heteroatoms. The van der Waals surface area contributed by atoms with Gasteiger partial charge in [-0.1, -0.05) is 17.3 Å². The van der Waals surface area contributed by atoms with E-state index in [0.717, 1.165) is 4.90 Å². The van der Waals surface area contributed by atoms with E-state index in [1.165, 1.54) is 4.31 Å². The fraction of sp³-hybridized carbons (Fsp3) is 0.450. The molecule has 1 saturated heterocycles. The van der Waals surface area contributed by atoms with Crippen molar-refractivity contribution < 1.29 is 27.3 Å². The Bertz CT molecular complexity index is 1010. The lowest BCUT2D eigenvalue weighted by molar-refractivity contribution is -0.148. The van der Waals surface area contributed by atoms with Crippen LogP contribution in [-0.4, -0.2) is 55.6 Å². The van der Waals surface area contributed by atoms with Crippen molar-refractivity contribution in [2.75, 3.05) is 26.0 Å². The predicted octanol–water partition coefficient (Wildman–Crippen LogP) is 2.84. The third-order valence-electron chi connectivity index (χ3n) is 5.04. The standard InChI is InChI=1S/C20H24N2O6S2/c1-13-19(14(2)28-21-13)30(25,26)22-10-4-5-16(11-22)20(24)27-12-18(23)15-6-8-17(29-3)9-7-15/h6-9,16H,4-5,10-12H2,1-3H3. The molecule has 1 unspecified atom stereocenters. The van der Waals surface area contributed by atoms with Crippen molar-refractivity contribution in [1.29, 1.82) is 0 Å². The zero-order valence-corrected chi connectivity index (χ0v) is 18.7. The molecule has 8 nitrogen and oxygen atoms in total. The topological polar surface area (TPSA) is 107 Å². The van der Waals surface area contributed by atoms with E-state index in [2.05, 4.69) is 5.16 Å². The molecule has 0 spiro atoms. The number of nitrogens with zero attached hydrogens (tertiary/aromatic N) is 2. The van der Waals surface area contributed by atoms with Gasteiger partial charge < -0.3 is 9.26 Å². The van der Waals surface area contributed by atoms with Crippen molar-refractivity contribution in [3.63, 3.8) is 0 Å². The highest BCUT2D eigenvalue weighted by Gasteiger charge is 2.37. The van der Waals surface area contributed by atoms with Gasteiger partial charge in [0.05, 0.1) is 5.92 Å². The summed E-state index contributed by atoms with van der Waals surface area (Å²) in [5.41, 5.74) is 0.752. The largest absolute Gasteiger partial charge is 0.457 e. The molecule has 30 heavy (non-hydrogen) atoms. The fourth-order valence-corrected chi connectivity index (χ4v) is 5.66. The van der Waals surface area contributed by atoms with E-state index in [0.29, 0.717) is 24.9 Å². The molecule has 0 saturated carbocycles. The highest BCUT2D eigenvalue weighted by molar-refractivity contribution is 7.98. The van der Waals surface area contributed by atoms with Crippen LogP contribution in [0.1, 0.15) is 34.7 Å². The zero-order chi connectivity index (χ0) is 21.9. The maximum atomic E-state index is 13.0. The lowest BCUT2D eigenvalue weighted by Crippen LogP contribution is -2.43. The first-order valence-corrected chi connectivity index (χ1v) is 12.2. The maximum Gasteiger partial charge on any atom is 0.310 e. The number of thioether (sulfide) groups is 1. The minimum atomic E-state index is -3.83. The summed E-state index contributed by atoms with van der Waals surface area (Å²) in [7, 11) is -3.83. The number of carbonyl (C=O) groups is 2. The van der Waals surface area contributed by atoms with E-state index in [1.807, 2.05) is 18.4 Å². The van der Waals surface area contributed by atoms with Crippen LogP contribution in [-0.2, 0) is 19.6 Å². The van der Waals surface area contributed by atoms with Crippen LogP contribution < -0.4 is 0 Å². The molecule has 162 valence electrons. The number of rotatable bonds is 7. The summed E-state index contributed by atoms with van der Waals surface area (Å²) in [5.74, 6) is -1.27. The molecule has 1 aliphatic heterocycles. The molecular formula is C20H24N2O6S2. The van der Waals surface area contributed by atoms with Crippen molar-refractivity contribution in [2.45, 2.75) is 36.5 Å². The Kier molecular flexibility index (Phi) is 6.99. The van der Waals surface area contributed by atoms with Crippen LogP contribution in [0.3, 0.4) is 0 Å². The first-order chi connectivity index (χ1) is 14.2. The van der Waals surface area contributed by atoms with Gasteiger partial charge in [-0.2, -0.15) is 4.31 Å². The normalized spacial score (nSPS) is 17.6. The number of sulfonamides is 1. The number of hydrogen-bond donors (Lipinski definition) is 0. The molecule has 0 bridgehead atoms. The van der Waals surface area contributed by atoms with Crippen molar-refractivity contribution >= 4 is 33.5 Å². The van der Waals surface area contributed by atoms with Gasteiger partial charge in [0.2, 0.25) is 10.0 Å². The third-order valence-corrected chi connectivity index (χ3v) is 7.89. The molecule has 0 N–H and O–H groups in total. The fourth-order valence-electron chi connectivity index (χ4n) is 3.44. The molecule has 1 aromatic carbocycles. The number of esters is 1. The van der Waals surface area contributed by atoms with E-state index in [-0.39, 0.29) is 35.3 Å². The summed E-state index contributed by atoms with van der Waals surface area (Å²) in [6, 6.07) is 7.05. The molecule has 2 heterocycles. The van der Waals surface area contributed by atoms with E-state index >= 15 is 0 Å².